The van der Waals surface area contributed by atoms with Crippen LogP contribution in [-0.2, 0) is 17.6 Å². The Labute approximate surface area is 224 Å². The van der Waals surface area contributed by atoms with Crippen molar-refractivity contribution in [3.05, 3.63) is 90.1 Å². The molecule has 0 fully saturated rings. The quantitative estimate of drug-likeness (QED) is 0.262. The summed E-state index contributed by atoms with van der Waals surface area (Å²) >= 11 is 0. The Balaban J connectivity index is 1.78. The first-order valence-corrected chi connectivity index (χ1v) is 12.8. The summed E-state index contributed by atoms with van der Waals surface area (Å²) in [6.45, 7) is 5.35. The molecule has 3 aromatic rings. The Morgan fingerprint density at radius 1 is 0.895 bits per heavy atom. The molecule has 0 bridgehead atoms. The molecule has 1 heterocycles. The fourth-order valence-electron chi connectivity index (χ4n) is 4.42. The molecule has 0 aliphatic carbocycles. The highest BCUT2D eigenvalue weighted by molar-refractivity contribution is 5.86. The molecule has 4 atom stereocenters. The predicted octanol–water partition coefficient (Wildman–Crippen LogP) is 3.78. The third kappa shape index (κ3) is 8.68. The van der Waals surface area contributed by atoms with E-state index in [1.165, 1.54) is 0 Å². The Morgan fingerprint density at radius 2 is 1.53 bits per heavy atom. The first-order chi connectivity index (χ1) is 18.0. The van der Waals surface area contributed by atoms with E-state index in [0.717, 1.165) is 22.4 Å². The van der Waals surface area contributed by atoms with Gasteiger partial charge in [0.25, 0.3) is 0 Å². The van der Waals surface area contributed by atoms with Crippen LogP contribution in [0.15, 0.2) is 79.0 Å². The average molecular weight is 519 g/mol. The molecule has 6 N–H and O–H groups in total. The van der Waals surface area contributed by atoms with Crippen LogP contribution in [0.5, 0.6) is 0 Å². The summed E-state index contributed by atoms with van der Waals surface area (Å²) in [6, 6.07) is 21.3. The molecule has 0 spiro atoms. The number of nitrogens with zero attached hydrogens (tertiary/aromatic N) is 1. The van der Waals surface area contributed by atoms with Crippen molar-refractivity contribution in [2.45, 2.75) is 64.3 Å². The number of hydrogen-bond donors (Lipinski definition) is 5. The molecule has 2 amide bonds. The van der Waals surface area contributed by atoms with E-state index in [1.54, 1.807) is 27.0 Å². The summed E-state index contributed by atoms with van der Waals surface area (Å²) in [7, 11) is 0. The summed E-state index contributed by atoms with van der Waals surface area (Å²) in [6.07, 6.45) is 0.699. The molecule has 2 aromatic carbocycles. The van der Waals surface area contributed by atoms with E-state index in [2.05, 4.69) is 15.6 Å². The molecule has 8 heteroatoms. The van der Waals surface area contributed by atoms with Crippen LogP contribution in [0.3, 0.4) is 0 Å². The van der Waals surface area contributed by atoms with Crippen LogP contribution in [0.4, 0.5) is 4.79 Å². The van der Waals surface area contributed by atoms with Gasteiger partial charge in [-0.15, -0.1) is 0 Å². The molecule has 0 saturated heterocycles. The minimum atomic E-state index is -1.29. The van der Waals surface area contributed by atoms with E-state index >= 15 is 0 Å². The SMILES string of the molecule is CC(C)(C)[C@H](NC(=O)O)C(=O)N[C@@H](Cc1ccc(-c2ccccn2)cc1)[C@@H](O)C[C@@H](N)Cc1ccccc1. The molecule has 202 valence electrons. The standard InChI is InChI=1S/C30H38N4O4/c1-30(2,3)27(34-29(37)38)28(36)33-25(26(35)19-23(31)17-20-9-5-4-6-10-20)18-21-12-14-22(15-13-21)24-11-7-8-16-32-24/h4-16,23,25-27,34-35H,17-19,31H2,1-3H3,(H,33,36)(H,37,38)/t23-,25-,26-,27+/m0/s1. The summed E-state index contributed by atoms with van der Waals surface area (Å²) in [4.78, 5) is 29.0. The van der Waals surface area contributed by atoms with Gasteiger partial charge in [0.1, 0.15) is 6.04 Å². The monoisotopic (exact) mass is 518 g/mol. The molecule has 0 aliphatic rings. The lowest BCUT2D eigenvalue weighted by Gasteiger charge is -2.33. The zero-order valence-electron chi connectivity index (χ0n) is 22.2. The number of carbonyl (C=O) groups excluding carboxylic acids is 1. The van der Waals surface area contributed by atoms with Gasteiger partial charge in [-0.2, -0.15) is 0 Å². The summed E-state index contributed by atoms with van der Waals surface area (Å²) in [5.74, 6) is -0.495. The van der Waals surface area contributed by atoms with Gasteiger partial charge in [-0.25, -0.2) is 4.79 Å². The highest BCUT2D eigenvalue weighted by Crippen LogP contribution is 2.22. The van der Waals surface area contributed by atoms with Gasteiger partial charge in [-0.05, 0) is 47.9 Å². The summed E-state index contributed by atoms with van der Waals surface area (Å²) in [5, 5.41) is 25.7. The van der Waals surface area contributed by atoms with Crippen molar-refractivity contribution in [1.82, 2.24) is 15.6 Å². The number of nitrogens with two attached hydrogens (primary N) is 1. The normalized spacial score (nSPS) is 14.7. The molecule has 0 radical (unpaired) electrons. The van der Waals surface area contributed by atoms with Gasteiger partial charge in [0, 0.05) is 17.8 Å². The second-order valence-electron chi connectivity index (χ2n) is 10.7. The van der Waals surface area contributed by atoms with Crippen LogP contribution >= 0.6 is 0 Å². The average Bonchev–Trinajstić information content (AvgIpc) is 2.87. The van der Waals surface area contributed by atoms with Crippen LogP contribution in [0, 0.1) is 5.41 Å². The van der Waals surface area contributed by atoms with Gasteiger partial charge in [-0.3, -0.25) is 9.78 Å². The molecule has 0 saturated carbocycles. The summed E-state index contributed by atoms with van der Waals surface area (Å²) in [5.41, 5.74) is 9.48. The molecular formula is C30H38N4O4. The third-order valence-electron chi connectivity index (χ3n) is 6.44. The maximum Gasteiger partial charge on any atom is 0.405 e. The fraction of sp³-hybridized carbons (Fsp3) is 0.367. The summed E-state index contributed by atoms with van der Waals surface area (Å²) < 4.78 is 0. The van der Waals surface area contributed by atoms with Crippen LogP contribution in [0.25, 0.3) is 11.3 Å². The Bertz CT molecular complexity index is 1160. The maximum absolute atomic E-state index is 13.3. The van der Waals surface area contributed by atoms with Gasteiger partial charge in [0.05, 0.1) is 17.8 Å². The van der Waals surface area contributed by atoms with Gasteiger partial charge in [-0.1, -0.05) is 81.4 Å². The van der Waals surface area contributed by atoms with Crippen LogP contribution in [0.1, 0.15) is 38.3 Å². The molecule has 0 aliphatic heterocycles. The highest BCUT2D eigenvalue weighted by Gasteiger charge is 2.35. The van der Waals surface area contributed by atoms with Gasteiger partial charge in [0.15, 0.2) is 0 Å². The van der Waals surface area contributed by atoms with Crippen molar-refractivity contribution < 1.29 is 19.8 Å². The number of aromatic nitrogens is 1. The second-order valence-corrected chi connectivity index (χ2v) is 10.7. The molecule has 8 nitrogen and oxygen atoms in total. The van der Waals surface area contributed by atoms with Crippen molar-refractivity contribution in [2.24, 2.45) is 11.1 Å². The van der Waals surface area contributed by atoms with Crippen LogP contribution < -0.4 is 16.4 Å². The van der Waals surface area contributed by atoms with Crippen LogP contribution in [0.2, 0.25) is 0 Å². The van der Waals surface area contributed by atoms with Gasteiger partial charge >= 0.3 is 6.09 Å². The zero-order chi connectivity index (χ0) is 27.7. The van der Waals surface area contributed by atoms with Crippen molar-refractivity contribution in [3.63, 3.8) is 0 Å². The maximum atomic E-state index is 13.3. The van der Waals surface area contributed by atoms with Crippen molar-refractivity contribution >= 4 is 12.0 Å². The topological polar surface area (TPSA) is 138 Å². The predicted molar refractivity (Wildman–Crippen MR) is 148 cm³/mol. The molecule has 0 unspecified atom stereocenters. The van der Waals surface area contributed by atoms with E-state index in [4.69, 9.17) is 5.73 Å². The van der Waals surface area contributed by atoms with E-state index in [0.29, 0.717) is 12.8 Å². The molecule has 38 heavy (non-hydrogen) atoms. The lowest BCUT2D eigenvalue weighted by Crippen LogP contribution is -2.57. The minimum Gasteiger partial charge on any atom is -0.465 e. The number of amides is 2. The Morgan fingerprint density at radius 3 is 2.11 bits per heavy atom. The lowest BCUT2D eigenvalue weighted by molar-refractivity contribution is -0.127. The lowest BCUT2D eigenvalue weighted by atomic mass is 9.85. The molecular weight excluding hydrogens is 480 g/mol. The van der Waals surface area contributed by atoms with Crippen LogP contribution in [-0.4, -0.2) is 51.4 Å². The smallest absolute Gasteiger partial charge is 0.405 e. The number of carboxylic acid groups (broad SMARTS) is 1. The Hall–Kier alpha value is -3.75. The number of aliphatic hydroxyl groups excluding tert-OH is 1. The number of hydrogen-bond acceptors (Lipinski definition) is 5. The van der Waals surface area contributed by atoms with Gasteiger partial charge < -0.3 is 26.6 Å². The number of nitrogens with one attached hydrogen (secondary N) is 2. The highest BCUT2D eigenvalue weighted by atomic mass is 16.4. The molecule has 1 aromatic heterocycles. The first kappa shape index (κ1) is 28.8. The number of pyridine rings is 1. The number of aliphatic hydroxyl groups is 1. The van der Waals surface area contributed by atoms with E-state index < -0.39 is 35.6 Å². The third-order valence-corrected chi connectivity index (χ3v) is 6.44. The largest absolute Gasteiger partial charge is 0.465 e. The molecule has 3 rings (SSSR count). The van der Waals surface area contributed by atoms with E-state index in [1.807, 2.05) is 72.8 Å². The fourth-order valence-corrected chi connectivity index (χ4v) is 4.42. The van der Waals surface area contributed by atoms with Gasteiger partial charge in [0.2, 0.25) is 5.91 Å². The van der Waals surface area contributed by atoms with E-state index in [9.17, 15) is 19.8 Å². The number of benzene rings is 2. The zero-order valence-corrected chi connectivity index (χ0v) is 22.2. The Kier molecular flexibility index (Phi) is 9.98. The number of rotatable bonds is 11. The second kappa shape index (κ2) is 13.2. The van der Waals surface area contributed by atoms with Crippen molar-refractivity contribution in [2.75, 3.05) is 0 Å². The van der Waals surface area contributed by atoms with Crippen molar-refractivity contribution in [1.29, 1.82) is 0 Å². The van der Waals surface area contributed by atoms with Crippen molar-refractivity contribution in [3.8, 4) is 11.3 Å². The minimum absolute atomic E-state index is 0.262. The first-order valence-electron chi connectivity index (χ1n) is 12.8. The number of carbonyl (C=O) groups is 2. The van der Waals surface area contributed by atoms with E-state index in [-0.39, 0.29) is 12.5 Å².